The van der Waals surface area contributed by atoms with Gasteiger partial charge in [-0.05, 0) is 30.0 Å². The fourth-order valence-corrected chi connectivity index (χ4v) is 4.40. The van der Waals surface area contributed by atoms with E-state index in [2.05, 4.69) is 0 Å². The van der Waals surface area contributed by atoms with Gasteiger partial charge in [0.05, 0.1) is 24.1 Å². The SMILES string of the molecule is COC(=O)[C@@H]1Cc2ccccc2CN1C(=O)CN1CCCc2c1cccc2[N+](=O)[O-]. The van der Waals surface area contributed by atoms with Gasteiger partial charge in [0, 0.05) is 31.3 Å². The van der Waals surface area contributed by atoms with Crippen LogP contribution < -0.4 is 4.90 Å². The van der Waals surface area contributed by atoms with Crippen molar-refractivity contribution in [2.45, 2.75) is 31.8 Å². The highest BCUT2D eigenvalue weighted by molar-refractivity contribution is 5.88. The molecule has 0 saturated heterocycles. The van der Waals surface area contributed by atoms with Crippen molar-refractivity contribution in [1.29, 1.82) is 0 Å². The number of hydrogen-bond donors (Lipinski definition) is 0. The quantitative estimate of drug-likeness (QED) is 0.438. The summed E-state index contributed by atoms with van der Waals surface area (Å²) in [5.74, 6) is -0.633. The minimum atomic E-state index is -0.674. The molecule has 4 rings (SSSR count). The zero-order valence-corrected chi connectivity index (χ0v) is 16.7. The first-order chi connectivity index (χ1) is 14.5. The van der Waals surface area contributed by atoms with Crippen molar-refractivity contribution in [2.24, 2.45) is 0 Å². The second-order valence-electron chi connectivity index (χ2n) is 7.59. The second-order valence-corrected chi connectivity index (χ2v) is 7.59. The fraction of sp³-hybridized carbons (Fsp3) is 0.364. The number of ether oxygens (including phenoxy) is 1. The summed E-state index contributed by atoms with van der Waals surface area (Å²) in [6.07, 6.45) is 1.75. The molecule has 0 radical (unpaired) electrons. The minimum Gasteiger partial charge on any atom is -0.467 e. The maximum Gasteiger partial charge on any atom is 0.328 e. The molecular weight excluding hydrogens is 386 g/mol. The molecule has 0 bridgehead atoms. The number of esters is 1. The van der Waals surface area contributed by atoms with Crippen LogP contribution in [0.15, 0.2) is 42.5 Å². The number of nitrogens with zero attached hydrogens (tertiary/aromatic N) is 3. The predicted molar refractivity (Wildman–Crippen MR) is 110 cm³/mol. The maximum atomic E-state index is 13.3. The van der Waals surface area contributed by atoms with Crippen LogP contribution in [0.4, 0.5) is 11.4 Å². The van der Waals surface area contributed by atoms with E-state index in [0.29, 0.717) is 31.5 Å². The van der Waals surface area contributed by atoms with Gasteiger partial charge in [0.1, 0.15) is 6.04 Å². The van der Waals surface area contributed by atoms with Crippen LogP contribution in [-0.4, -0.2) is 47.9 Å². The molecule has 2 heterocycles. The van der Waals surface area contributed by atoms with Gasteiger partial charge in [0.2, 0.25) is 5.91 Å². The van der Waals surface area contributed by atoms with E-state index >= 15 is 0 Å². The van der Waals surface area contributed by atoms with E-state index in [1.165, 1.54) is 13.2 Å². The van der Waals surface area contributed by atoms with E-state index in [1.54, 1.807) is 11.0 Å². The number of carbonyl (C=O) groups is 2. The molecule has 8 nitrogen and oxygen atoms in total. The van der Waals surface area contributed by atoms with Crippen molar-refractivity contribution in [3.63, 3.8) is 0 Å². The molecular formula is C22H23N3O5. The largest absolute Gasteiger partial charge is 0.467 e. The van der Waals surface area contributed by atoms with Crippen LogP contribution in [0.1, 0.15) is 23.1 Å². The lowest BCUT2D eigenvalue weighted by Gasteiger charge is -2.38. The predicted octanol–water partition coefficient (Wildman–Crippen LogP) is 2.47. The highest BCUT2D eigenvalue weighted by Crippen LogP contribution is 2.34. The average Bonchev–Trinajstić information content (AvgIpc) is 2.77. The zero-order valence-electron chi connectivity index (χ0n) is 16.7. The van der Waals surface area contributed by atoms with Gasteiger partial charge in [-0.25, -0.2) is 4.79 Å². The Morgan fingerprint density at radius 2 is 1.93 bits per heavy atom. The molecule has 1 atom stereocenters. The van der Waals surface area contributed by atoms with Crippen molar-refractivity contribution >= 4 is 23.3 Å². The van der Waals surface area contributed by atoms with Gasteiger partial charge < -0.3 is 14.5 Å². The standard InChI is InChI=1S/C22H23N3O5/c1-30-22(27)20-12-15-6-2-3-7-16(15)13-24(20)21(26)14-23-11-5-8-17-18(23)9-4-10-19(17)25(28)29/h2-4,6-7,9-10,20H,5,8,11-14H2,1H3/t20-/m0/s1. The van der Waals surface area contributed by atoms with Gasteiger partial charge in [-0.15, -0.1) is 0 Å². The van der Waals surface area contributed by atoms with E-state index in [4.69, 9.17) is 4.74 Å². The molecule has 2 aromatic carbocycles. The number of fused-ring (bicyclic) bond motifs is 2. The number of rotatable bonds is 4. The summed E-state index contributed by atoms with van der Waals surface area (Å²) in [4.78, 5) is 40.1. The Morgan fingerprint density at radius 3 is 2.67 bits per heavy atom. The third-order valence-corrected chi connectivity index (χ3v) is 5.89. The van der Waals surface area contributed by atoms with E-state index in [9.17, 15) is 19.7 Å². The number of carbonyl (C=O) groups excluding carboxylic acids is 2. The third kappa shape index (κ3) is 3.60. The Balaban J connectivity index is 1.60. The summed E-state index contributed by atoms with van der Waals surface area (Å²) in [5, 5.41) is 11.4. The zero-order chi connectivity index (χ0) is 21.3. The van der Waals surface area contributed by atoms with Gasteiger partial charge in [0.15, 0.2) is 0 Å². The number of benzene rings is 2. The molecule has 156 valence electrons. The highest BCUT2D eigenvalue weighted by atomic mass is 16.6. The number of anilines is 1. The summed E-state index contributed by atoms with van der Waals surface area (Å²) in [5.41, 5.74) is 3.52. The first-order valence-electron chi connectivity index (χ1n) is 9.95. The lowest BCUT2D eigenvalue weighted by Crippen LogP contribution is -2.52. The van der Waals surface area contributed by atoms with Crippen molar-refractivity contribution in [1.82, 2.24) is 4.90 Å². The summed E-state index contributed by atoms with van der Waals surface area (Å²) >= 11 is 0. The maximum absolute atomic E-state index is 13.3. The van der Waals surface area contributed by atoms with E-state index in [1.807, 2.05) is 35.2 Å². The molecule has 2 aromatic rings. The molecule has 30 heavy (non-hydrogen) atoms. The number of methoxy groups -OCH3 is 1. The van der Waals surface area contributed by atoms with Crippen molar-refractivity contribution in [3.8, 4) is 0 Å². The van der Waals surface area contributed by atoms with Gasteiger partial charge >= 0.3 is 5.97 Å². The summed E-state index contributed by atoms with van der Waals surface area (Å²) < 4.78 is 4.95. The molecule has 0 unspecified atom stereocenters. The van der Waals surface area contributed by atoms with Crippen LogP contribution >= 0.6 is 0 Å². The average molecular weight is 409 g/mol. The lowest BCUT2D eigenvalue weighted by molar-refractivity contribution is -0.385. The summed E-state index contributed by atoms with van der Waals surface area (Å²) in [7, 11) is 1.32. The second kappa shape index (κ2) is 8.14. The van der Waals surface area contributed by atoms with Crippen molar-refractivity contribution in [3.05, 3.63) is 69.3 Å². The van der Waals surface area contributed by atoms with Crippen molar-refractivity contribution < 1.29 is 19.2 Å². The number of amides is 1. The monoisotopic (exact) mass is 409 g/mol. The topological polar surface area (TPSA) is 93.0 Å². The Kier molecular flexibility index (Phi) is 5.39. The minimum absolute atomic E-state index is 0.0594. The van der Waals surface area contributed by atoms with E-state index < -0.39 is 12.0 Å². The molecule has 2 aliphatic rings. The Hall–Kier alpha value is -3.42. The van der Waals surface area contributed by atoms with Crippen LogP contribution in [0, 0.1) is 10.1 Å². The molecule has 0 aromatic heterocycles. The smallest absolute Gasteiger partial charge is 0.328 e. The normalized spacial score (nSPS) is 17.7. The molecule has 2 aliphatic heterocycles. The van der Waals surface area contributed by atoms with E-state index in [0.717, 1.165) is 23.2 Å². The number of nitro benzene ring substituents is 1. The van der Waals surface area contributed by atoms with E-state index in [-0.39, 0.29) is 23.1 Å². The Bertz CT molecular complexity index is 1010. The lowest BCUT2D eigenvalue weighted by atomic mass is 9.93. The summed E-state index contributed by atoms with van der Waals surface area (Å²) in [6.45, 7) is 1.03. The van der Waals surface area contributed by atoms with Crippen LogP contribution in [0.5, 0.6) is 0 Å². The van der Waals surface area contributed by atoms with Crippen LogP contribution in [0.25, 0.3) is 0 Å². The van der Waals surface area contributed by atoms with Crippen molar-refractivity contribution in [2.75, 3.05) is 25.1 Å². The molecule has 0 N–H and O–H groups in total. The summed E-state index contributed by atoms with van der Waals surface area (Å²) in [6, 6.07) is 12.1. The molecule has 0 aliphatic carbocycles. The Labute approximate surface area is 174 Å². The van der Waals surface area contributed by atoms with Crippen LogP contribution in [0.2, 0.25) is 0 Å². The number of nitro groups is 1. The highest BCUT2D eigenvalue weighted by Gasteiger charge is 2.36. The molecule has 0 spiro atoms. The van der Waals surface area contributed by atoms with Crippen LogP contribution in [-0.2, 0) is 33.7 Å². The fourth-order valence-electron chi connectivity index (χ4n) is 4.40. The third-order valence-electron chi connectivity index (χ3n) is 5.89. The van der Waals surface area contributed by atoms with Gasteiger partial charge in [-0.3, -0.25) is 14.9 Å². The van der Waals surface area contributed by atoms with Gasteiger partial charge in [-0.1, -0.05) is 30.3 Å². The van der Waals surface area contributed by atoms with Crippen LogP contribution in [0.3, 0.4) is 0 Å². The Morgan fingerprint density at radius 1 is 1.17 bits per heavy atom. The molecule has 1 amide bonds. The number of hydrogen-bond acceptors (Lipinski definition) is 6. The van der Waals surface area contributed by atoms with Gasteiger partial charge in [0.25, 0.3) is 5.69 Å². The molecule has 0 saturated carbocycles. The first-order valence-corrected chi connectivity index (χ1v) is 9.95. The van der Waals surface area contributed by atoms with Gasteiger partial charge in [-0.2, -0.15) is 0 Å². The molecule has 0 fully saturated rings. The molecule has 8 heteroatoms. The first kappa shape index (κ1) is 19.9.